The predicted molar refractivity (Wildman–Crippen MR) is 110 cm³/mol. The number of rotatable bonds is 4. The number of hydrogen-bond acceptors (Lipinski definition) is 4. The molecule has 0 saturated carbocycles. The van der Waals surface area contributed by atoms with E-state index in [0.717, 1.165) is 39.1 Å². The zero-order chi connectivity index (χ0) is 18.5. The molecule has 0 fully saturated rings. The molecule has 0 atom stereocenters. The minimum atomic E-state index is 0.777. The molecular formula is C23H18N4. The van der Waals surface area contributed by atoms with Crippen LogP contribution in [0.3, 0.4) is 0 Å². The van der Waals surface area contributed by atoms with Gasteiger partial charge in [-0.3, -0.25) is 0 Å². The van der Waals surface area contributed by atoms with E-state index in [9.17, 15) is 0 Å². The summed E-state index contributed by atoms with van der Waals surface area (Å²) >= 11 is 0. The maximum absolute atomic E-state index is 4.50. The summed E-state index contributed by atoms with van der Waals surface area (Å²) in [6.07, 6.45) is 0. The topological polar surface area (TPSA) is 49.4 Å². The zero-order valence-corrected chi connectivity index (χ0v) is 14.9. The van der Waals surface area contributed by atoms with E-state index in [1.165, 1.54) is 0 Å². The van der Waals surface area contributed by atoms with Gasteiger partial charge in [-0.05, 0) is 54.3 Å². The van der Waals surface area contributed by atoms with Gasteiger partial charge in [-0.1, -0.05) is 54.6 Å². The van der Waals surface area contributed by atoms with E-state index in [0.29, 0.717) is 0 Å². The standard InChI is InChI=1S/C23H18N4/c1-17-11-12-18-7-5-6-10-22(18)23(17)27-26-21-15-13-20(14-16-21)25-24-19-8-3-2-4-9-19/h2-16H,1H3. The number of fused-ring (bicyclic) bond motifs is 1. The average molecular weight is 350 g/mol. The lowest BCUT2D eigenvalue weighted by Crippen LogP contribution is -1.78. The van der Waals surface area contributed by atoms with Gasteiger partial charge in [0.15, 0.2) is 0 Å². The van der Waals surface area contributed by atoms with E-state index in [4.69, 9.17) is 0 Å². The summed E-state index contributed by atoms with van der Waals surface area (Å²) in [5, 5.41) is 19.6. The predicted octanol–water partition coefficient (Wildman–Crippen LogP) is 7.98. The second kappa shape index (κ2) is 7.70. The molecule has 0 aliphatic heterocycles. The van der Waals surface area contributed by atoms with Crippen molar-refractivity contribution in [3.05, 3.63) is 96.6 Å². The normalized spacial score (nSPS) is 11.6. The van der Waals surface area contributed by atoms with Crippen LogP contribution in [0.15, 0.2) is 111 Å². The van der Waals surface area contributed by atoms with Crippen molar-refractivity contribution in [2.45, 2.75) is 6.92 Å². The van der Waals surface area contributed by atoms with Crippen molar-refractivity contribution in [2.24, 2.45) is 20.5 Å². The molecule has 0 aliphatic carbocycles. The average Bonchev–Trinajstić information content (AvgIpc) is 2.73. The number of benzene rings is 4. The third-order valence-corrected chi connectivity index (χ3v) is 4.25. The lowest BCUT2D eigenvalue weighted by atomic mass is 10.1. The maximum atomic E-state index is 4.50. The van der Waals surface area contributed by atoms with Crippen LogP contribution in [0, 0.1) is 6.92 Å². The molecule has 4 aromatic rings. The summed E-state index contributed by atoms with van der Waals surface area (Å²) in [4.78, 5) is 0. The minimum Gasteiger partial charge on any atom is -0.151 e. The Morgan fingerprint density at radius 2 is 1.04 bits per heavy atom. The van der Waals surface area contributed by atoms with Crippen molar-refractivity contribution in [1.29, 1.82) is 0 Å². The molecule has 4 heteroatoms. The van der Waals surface area contributed by atoms with Crippen molar-refractivity contribution in [2.75, 3.05) is 0 Å². The Bertz CT molecular complexity index is 1110. The summed E-state index contributed by atoms with van der Waals surface area (Å²) in [6.45, 7) is 2.05. The van der Waals surface area contributed by atoms with Crippen LogP contribution >= 0.6 is 0 Å². The Labute approximate surface area is 157 Å². The summed E-state index contributed by atoms with van der Waals surface area (Å²) in [5.41, 5.74) is 4.39. The van der Waals surface area contributed by atoms with Gasteiger partial charge in [0, 0.05) is 5.39 Å². The Morgan fingerprint density at radius 3 is 1.74 bits per heavy atom. The lowest BCUT2D eigenvalue weighted by molar-refractivity contribution is 1.21. The quantitative estimate of drug-likeness (QED) is 0.335. The molecule has 4 aromatic carbocycles. The second-order valence-electron chi connectivity index (χ2n) is 6.20. The SMILES string of the molecule is Cc1ccc2ccccc2c1N=Nc1ccc(N=Nc2ccccc2)cc1. The largest absolute Gasteiger partial charge is 0.151 e. The molecule has 0 aromatic heterocycles. The Morgan fingerprint density at radius 1 is 0.481 bits per heavy atom. The molecule has 0 N–H and O–H groups in total. The van der Waals surface area contributed by atoms with E-state index in [1.807, 2.05) is 73.7 Å². The van der Waals surface area contributed by atoms with E-state index >= 15 is 0 Å². The third kappa shape index (κ3) is 3.96. The fourth-order valence-corrected chi connectivity index (χ4v) is 2.80. The monoisotopic (exact) mass is 350 g/mol. The molecular weight excluding hydrogens is 332 g/mol. The third-order valence-electron chi connectivity index (χ3n) is 4.25. The van der Waals surface area contributed by atoms with Crippen molar-refractivity contribution in [1.82, 2.24) is 0 Å². The highest BCUT2D eigenvalue weighted by molar-refractivity contribution is 5.93. The van der Waals surface area contributed by atoms with Crippen LogP contribution in [0.5, 0.6) is 0 Å². The first-order chi connectivity index (χ1) is 13.3. The number of aryl methyl sites for hydroxylation is 1. The van der Waals surface area contributed by atoms with Gasteiger partial charge in [-0.15, -0.1) is 5.11 Å². The van der Waals surface area contributed by atoms with Crippen LogP contribution in [0.25, 0.3) is 10.8 Å². The van der Waals surface area contributed by atoms with Gasteiger partial charge in [-0.2, -0.15) is 15.3 Å². The second-order valence-corrected chi connectivity index (χ2v) is 6.20. The molecule has 0 heterocycles. The molecule has 4 rings (SSSR count). The molecule has 0 amide bonds. The Kier molecular flexibility index (Phi) is 4.79. The maximum Gasteiger partial charge on any atom is 0.0964 e. The fourth-order valence-electron chi connectivity index (χ4n) is 2.80. The smallest absolute Gasteiger partial charge is 0.0964 e. The number of nitrogens with zero attached hydrogens (tertiary/aromatic N) is 4. The van der Waals surface area contributed by atoms with E-state index in [2.05, 4.69) is 44.7 Å². The highest BCUT2D eigenvalue weighted by atomic mass is 15.1. The summed E-state index contributed by atoms with van der Waals surface area (Å²) in [7, 11) is 0. The van der Waals surface area contributed by atoms with Gasteiger partial charge in [-0.25, -0.2) is 0 Å². The zero-order valence-electron chi connectivity index (χ0n) is 14.9. The molecule has 0 unspecified atom stereocenters. The van der Waals surface area contributed by atoms with Gasteiger partial charge in [0.25, 0.3) is 0 Å². The van der Waals surface area contributed by atoms with Crippen molar-refractivity contribution >= 4 is 33.5 Å². The molecule has 0 radical (unpaired) electrons. The Balaban J connectivity index is 1.55. The number of hydrogen-bond donors (Lipinski definition) is 0. The van der Waals surface area contributed by atoms with Crippen LogP contribution in [0.1, 0.15) is 5.56 Å². The van der Waals surface area contributed by atoms with Gasteiger partial charge in [0.2, 0.25) is 0 Å². The first kappa shape index (κ1) is 16.8. The van der Waals surface area contributed by atoms with Crippen molar-refractivity contribution in [3.63, 3.8) is 0 Å². The molecule has 0 bridgehead atoms. The van der Waals surface area contributed by atoms with Crippen LogP contribution in [-0.2, 0) is 0 Å². The first-order valence-electron chi connectivity index (χ1n) is 8.76. The number of azo groups is 2. The molecule has 0 aliphatic rings. The van der Waals surface area contributed by atoms with E-state index in [1.54, 1.807) is 0 Å². The minimum absolute atomic E-state index is 0.777. The highest BCUT2D eigenvalue weighted by Gasteiger charge is 2.03. The summed E-state index contributed by atoms with van der Waals surface area (Å²) in [6, 6.07) is 29.6. The van der Waals surface area contributed by atoms with Gasteiger partial charge >= 0.3 is 0 Å². The molecule has 27 heavy (non-hydrogen) atoms. The lowest BCUT2D eigenvalue weighted by Gasteiger charge is -2.04. The highest BCUT2D eigenvalue weighted by Crippen LogP contribution is 2.31. The van der Waals surface area contributed by atoms with Crippen molar-refractivity contribution in [3.8, 4) is 0 Å². The van der Waals surface area contributed by atoms with E-state index in [-0.39, 0.29) is 0 Å². The van der Waals surface area contributed by atoms with Crippen molar-refractivity contribution < 1.29 is 0 Å². The van der Waals surface area contributed by atoms with Crippen LogP contribution in [0.4, 0.5) is 22.7 Å². The first-order valence-corrected chi connectivity index (χ1v) is 8.76. The Hall–Kier alpha value is -3.66. The molecule has 4 nitrogen and oxygen atoms in total. The fraction of sp³-hybridized carbons (Fsp3) is 0.0435. The van der Waals surface area contributed by atoms with Crippen LogP contribution in [-0.4, -0.2) is 0 Å². The summed E-state index contributed by atoms with van der Waals surface area (Å²) < 4.78 is 0. The van der Waals surface area contributed by atoms with Gasteiger partial charge < -0.3 is 0 Å². The van der Waals surface area contributed by atoms with Crippen LogP contribution < -0.4 is 0 Å². The van der Waals surface area contributed by atoms with E-state index < -0.39 is 0 Å². The van der Waals surface area contributed by atoms with Gasteiger partial charge in [0.05, 0.1) is 22.7 Å². The van der Waals surface area contributed by atoms with Crippen LogP contribution in [0.2, 0.25) is 0 Å². The molecule has 130 valence electrons. The summed E-state index contributed by atoms with van der Waals surface area (Å²) in [5.74, 6) is 0. The molecule has 0 saturated heterocycles. The molecule has 0 spiro atoms. The van der Waals surface area contributed by atoms with Gasteiger partial charge in [0.1, 0.15) is 0 Å².